The molecule has 2 aliphatic rings. The SMILES string of the molecule is CCCC/C=C(\Sc1ccccc1)B(C1CCCCC1)C1CCCCC1. The lowest BCUT2D eigenvalue weighted by Gasteiger charge is -2.37. The number of allylic oxidation sites excluding steroid dienone is 1. The number of rotatable bonds is 8. The Labute approximate surface area is 166 Å². The van der Waals surface area contributed by atoms with Gasteiger partial charge in [-0.1, -0.05) is 120 Å². The zero-order valence-corrected chi connectivity index (χ0v) is 17.6. The quantitative estimate of drug-likeness (QED) is 0.251. The van der Waals surface area contributed by atoms with Gasteiger partial charge in [0.05, 0.1) is 0 Å². The van der Waals surface area contributed by atoms with Crippen LogP contribution in [0.1, 0.15) is 90.4 Å². The van der Waals surface area contributed by atoms with Crippen LogP contribution in [0, 0.1) is 0 Å². The normalized spacial score (nSPS) is 20.3. The molecular weight excluding hydrogens is 331 g/mol. The maximum atomic E-state index is 2.65. The molecule has 2 fully saturated rings. The molecule has 0 radical (unpaired) electrons. The average molecular weight is 368 g/mol. The molecule has 0 bridgehead atoms. The van der Waals surface area contributed by atoms with Gasteiger partial charge in [-0.2, -0.15) is 0 Å². The molecule has 0 aliphatic heterocycles. The van der Waals surface area contributed by atoms with Gasteiger partial charge >= 0.3 is 0 Å². The van der Waals surface area contributed by atoms with Crippen molar-refractivity contribution in [2.24, 2.45) is 0 Å². The van der Waals surface area contributed by atoms with Gasteiger partial charge in [0.15, 0.2) is 6.71 Å². The standard InChI is InChI=1S/C24H37BS/c1-2-3-7-20-24(26-23-18-12-6-13-19-23)25(21-14-8-4-9-15-21)22-16-10-5-11-17-22/h6,12-13,18-22H,2-5,7-11,14-17H2,1H3/b24-20-. The van der Waals surface area contributed by atoms with Crippen molar-refractivity contribution in [3.05, 3.63) is 41.2 Å². The fraction of sp³-hybridized carbons (Fsp3) is 0.667. The molecule has 2 aliphatic carbocycles. The number of benzene rings is 1. The molecule has 0 N–H and O–H groups in total. The van der Waals surface area contributed by atoms with E-state index in [1.807, 2.05) is 0 Å². The van der Waals surface area contributed by atoms with E-state index in [2.05, 4.69) is 55.1 Å². The molecule has 0 saturated heterocycles. The molecule has 1 aromatic rings. The Hall–Kier alpha value is -0.625. The van der Waals surface area contributed by atoms with Gasteiger partial charge in [-0.15, -0.1) is 11.8 Å². The largest absolute Gasteiger partial charge is 0.190 e. The smallest absolute Gasteiger partial charge is 0.105 e. The van der Waals surface area contributed by atoms with Crippen LogP contribution in [-0.4, -0.2) is 6.71 Å². The van der Waals surface area contributed by atoms with Gasteiger partial charge in [-0.3, -0.25) is 0 Å². The summed E-state index contributed by atoms with van der Waals surface area (Å²) in [6.45, 7) is 3.15. The Morgan fingerprint density at radius 2 is 1.50 bits per heavy atom. The predicted octanol–water partition coefficient (Wildman–Crippen LogP) is 8.56. The summed E-state index contributed by atoms with van der Waals surface area (Å²) in [6, 6.07) is 11.1. The van der Waals surface area contributed by atoms with E-state index >= 15 is 0 Å². The zero-order chi connectivity index (χ0) is 18.0. The Balaban J connectivity index is 1.83. The van der Waals surface area contributed by atoms with Crippen molar-refractivity contribution < 1.29 is 0 Å². The van der Waals surface area contributed by atoms with Crippen molar-refractivity contribution >= 4 is 18.5 Å². The Bertz CT molecular complexity index is 508. The summed E-state index contributed by atoms with van der Waals surface area (Å²) in [7, 11) is 0. The van der Waals surface area contributed by atoms with E-state index < -0.39 is 0 Å². The minimum absolute atomic E-state index is 0.831. The molecule has 142 valence electrons. The van der Waals surface area contributed by atoms with Crippen molar-refractivity contribution in [1.29, 1.82) is 0 Å². The Morgan fingerprint density at radius 1 is 0.923 bits per heavy atom. The lowest BCUT2D eigenvalue weighted by atomic mass is 9.30. The van der Waals surface area contributed by atoms with Gasteiger partial charge in [-0.25, -0.2) is 0 Å². The predicted molar refractivity (Wildman–Crippen MR) is 119 cm³/mol. The van der Waals surface area contributed by atoms with Gasteiger partial charge in [-0.05, 0) is 23.4 Å². The second-order valence-electron chi connectivity index (χ2n) is 8.49. The Kier molecular flexibility index (Phi) is 8.72. The van der Waals surface area contributed by atoms with E-state index in [0.29, 0.717) is 0 Å². The molecule has 0 unspecified atom stereocenters. The van der Waals surface area contributed by atoms with Crippen LogP contribution in [0.2, 0.25) is 11.6 Å². The van der Waals surface area contributed by atoms with E-state index in [-0.39, 0.29) is 0 Å². The molecule has 26 heavy (non-hydrogen) atoms. The van der Waals surface area contributed by atoms with Crippen LogP contribution in [0.4, 0.5) is 0 Å². The van der Waals surface area contributed by atoms with Crippen LogP contribution in [-0.2, 0) is 0 Å². The van der Waals surface area contributed by atoms with Crippen molar-refractivity contribution in [2.45, 2.75) is 107 Å². The molecule has 2 heteroatoms. The van der Waals surface area contributed by atoms with Crippen molar-refractivity contribution in [3.8, 4) is 0 Å². The van der Waals surface area contributed by atoms with E-state index in [0.717, 1.165) is 18.3 Å². The molecule has 0 aromatic heterocycles. The molecule has 1 aromatic carbocycles. The summed E-state index contributed by atoms with van der Waals surface area (Å²) < 4.78 is 0. The number of hydrogen-bond acceptors (Lipinski definition) is 1. The van der Waals surface area contributed by atoms with Gasteiger partial charge in [0.25, 0.3) is 0 Å². The van der Waals surface area contributed by atoms with Crippen molar-refractivity contribution in [1.82, 2.24) is 0 Å². The summed E-state index contributed by atoms with van der Waals surface area (Å²) in [4.78, 5) is 3.16. The van der Waals surface area contributed by atoms with Crippen LogP contribution in [0.5, 0.6) is 0 Å². The van der Waals surface area contributed by atoms with Crippen molar-refractivity contribution in [2.75, 3.05) is 0 Å². The highest BCUT2D eigenvalue weighted by Crippen LogP contribution is 2.47. The van der Waals surface area contributed by atoms with E-state index in [9.17, 15) is 0 Å². The minimum atomic E-state index is 0.831. The van der Waals surface area contributed by atoms with E-state index in [1.54, 1.807) is 4.80 Å². The highest BCUT2D eigenvalue weighted by molar-refractivity contribution is 8.05. The van der Waals surface area contributed by atoms with Gasteiger partial charge in [0.2, 0.25) is 0 Å². The maximum Gasteiger partial charge on any atom is 0.190 e. The zero-order valence-electron chi connectivity index (χ0n) is 16.8. The second kappa shape index (κ2) is 11.3. The number of unbranched alkanes of at least 4 members (excludes halogenated alkanes) is 2. The van der Waals surface area contributed by atoms with Crippen LogP contribution in [0.15, 0.2) is 46.1 Å². The molecule has 0 spiro atoms. The summed E-state index contributed by atoms with van der Waals surface area (Å²) in [5.74, 6) is 1.88. The number of thioether (sulfide) groups is 1. The third-order valence-corrected chi connectivity index (χ3v) is 7.71. The van der Waals surface area contributed by atoms with Gasteiger partial charge in [0, 0.05) is 4.90 Å². The summed E-state index contributed by atoms with van der Waals surface area (Å²) in [6.07, 6.45) is 21.2. The third kappa shape index (κ3) is 5.94. The molecule has 2 saturated carbocycles. The maximum absolute atomic E-state index is 2.65. The van der Waals surface area contributed by atoms with Crippen LogP contribution in [0.3, 0.4) is 0 Å². The lowest BCUT2D eigenvalue weighted by molar-refractivity contribution is 0.464. The molecule has 0 atom stereocenters. The average Bonchev–Trinajstić information content (AvgIpc) is 2.71. The molecule has 0 nitrogen and oxygen atoms in total. The summed E-state index contributed by atoms with van der Waals surface area (Å²) in [5, 5.41) is 0. The monoisotopic (exact) mass is 368 g/mol. The second-order valence-corrected chi connectivity index (χ2v) is 9.63. The van der Waals surface area contributed by atoms with E-state index in [4.69, 9.17) is 0 Å². The first kappa shape index (κ1) is 20.1. The summed E-state index contributed by atoms with van der Waals surface area (Å²) >= 11 is 2.10. The molecule has 3 rings (SSSR count). The van der Waals surface area contributed by atoms with Gasteiger partial charge in [0.1, 0.15) is 0 Å². The highest BCUT2D eigenvalue weighted by atomic mass is 32.2. The van der Waals surface area contributed by atoms with Crippen LogP contribution >= 0.6 is 11.8 Å². The lowest BCUT2D eigenvalue weighted by Crippen LogP contribution is -2.31. The first-order chi connectivity index (χ1) is 12.9. The first-order valence-electron chi connectivity index (χ1n) is 11.3. The molecule has 0 amide bonds. The minimum Gasteiger partial charge on any atom is -0.105 e. The van der Waals surface area contributed by atoms with E-state index in [1.165, 1.54) is 88.4 Å². The fourth-order valence-electron chi connectivity index (χ4n) is 5.15. The third-order valence-electron chi connectivity index (χ3n) is 6.53. The molecular formula is C24H37BS. The van der Waals surface area contributed by atoms with Crippen LogP contribution in [0.25, 0.3) is 0 Å². The first-order valence-corrected chi connectivity index (χ1v) is 12.1. The van der Waals surface area contributed by atoms with Gasteiger partial charge < -0.3 is 0 Å². The molecule has 0 heterocycles. The highest BCUT2D eigenvalue weighted by Gasteiger charge is 2.37. The van der Waals surface area contributed by atoms with Crippen LogP contribution < -0.4 is 0 Å². The fourth-order valence-corrected chi connectivity index (χ4v) is 6.44. The summed E-state index contributed by atoms with van der Waals surface area (Å²) in [5.41, 5.74) is 0. The number of hydrogen-bond donors (Lipinski definition) is 0. The Morgan fingerprint density at radius 3 is 2.04 bits per heavy atom. The topological polar surface area (TPSA) is 0 Å². The van der Waals surface area contributed by atoms with Crippen molar-refractivity contribution in [3.63, 3.8) is 0 Å².